The Labute approximate surface area is 166 Å². The molecule has 1 aromatic carbocycles. The van der Waals surface area contributed by atoms with Gasteiger partial charge in [0.25, 0.3) is 0 Å². The fraction of sp³-hybridized carbons (Fsp3) is 0.368. The lowest BCUT2D eigenvalue weighted by Gasteiger charge is -2.32. The summed E-state index contributed by atoms with van der Waals surface area (Å²) in [6, 6.07) is 6.16. The molecule has 0 saturated carbocycles. The first-order valence-corrected chi connectivity index (χ1v) is 9.94. The Hall–Kier alpha value is -2.94. The van der Waals surface area contributed by atoms with Crippen LogP contribution in [0, 0.1) is 12.8 Å². The van der Waals surface area contributed by atoms with E-state index < -0.39 is 0 Å². The zero-order valence-electron chi connectivity index (χ0n) is 15.8. The molecule has 8 nitrogen and oxygen atoms in total. The third kappa shape index (κ3) is 3.57. The van der Waals surface area contributed by atoms with Crippen molar-refractivity contribution in [2.75, 3.05) is 36.1 Å². The smallest absolute Gasteiger partial charge is 0.308 e. The molecule has 0 bridgehead atoms. The van der Waals surface area contributed by atoms with E-state index in [1.54, 1.807) is 11.3 Å². The van der Waals surface area contributed by atoms with Gasteiger partial charge in [0.2, 0.25) is 0 Å². The maximum Gasteiger partial charge on any atom is 0.308 e. The third-order valence-electron chi connectivity index (χ3n) is 4.96. The molecule has 1 saturated heterocycles. The molecule has 9 heteroatoms. The molecule has 1 aliphatic heterocycles. The number of carbonyl (C=O) groups excluding carboxylic acids is 1. The highest BCUT2D eigenvalue weighted by atomic mass is 32.1. The van der Waals surface area contributed by atoms with Crippen molar-refractivity contribution in [1.82, 2.24) is 15.0 Å². The number of hydrogen-bond donors (Lipinski definition) is 2. The largest absolute Gasteiger partial charge is 0.469 e. The summed E-state index contributed by atoms with van der Waals surface area (Å²) >= 11 is 1.56. The molecular weight excluding hydrogens is 376 g/mol. The zero-order valence-corrected chi connectivity index (χ0v) is 16.6. The lowest BCUT2D eigenvalue weighted by molar-refractivity contribution is -0.146. The number of carbonyl (C=O) groups is 1. The van der Waals surface area contributed by atoms with Crippen molar-refractivity contribution in [3.8, 4) is 0 Å². The molecule has 0 aliphatic carbocycles. The van der Waals surface area contributed by atoms with E-state index in [1.807, 2.05) is 12.1 Å². The van der Waals surface area contributed by atoms with E-state index in [9.17, 15) is 4.79 Å². The van der Waals surface area contributed by atoms with Crippen LogP contribution in [0.2, 0.25) is 0 Å². The second-order valence-electron chi connectivity index (χ2n) is 6.86. The number of nitrogen functional groups attached to an aromatic ring is 1. The highest BCUT2D eigenvalue weighted by Crippen LogP contribution is 2.34. The number of ether oxygens (including phenoxy) is 1. The summed E-state index contributed by atoms with van der Waals surface area (Å²) in [5, 5.41) is 3.96. The Morgan fingerprint density at radius 3 is 2.86 bits per heavy atom. The van der Waals surface area contributed by atoms with Crippen molar-refractivity contribution < 1.29 is 9.53 Å². The molecule has 3 heterocycles. The number of nitrogens with one attached hydrogen (secondary N) is 1. The minimum Gasteiger partial charge on any atom is -0.469 e. The van der Waals surface area contributed by atoms with E-state index >= 15 is 0 Å². The lowest BCUT2D eigenvalue weighted by Crippen LogP contribution is -2.37. The van der Waals surface area contributed by atoms with Gasteiger partial charge in [-0.2, -0.15) is 0 Å². The van der Waals surface area contributed by atoms with Crippen LogP contribution in [0.1, 0.15) is 18.4 Å². The number of methoxy groups -OCH3 is 1. The van der Waals surface area contributed by atoms with E-state index in [0.29, 0.717) is 30.4 Å². The van der Waals surface area contributed by atoms with E-state index in [2.05, 4.69) is 38.2 Å². The van der Waals surface area contributed by atoms with Crippen LogP contribution >= 0.6 is 11.3 Å². The number of thiazole rings is 1. The normalized spacial score (nSPS) is 15.0. The average Bonchev–Trinajstić information content (AvgIpc) is 3.10. The molecule has 0 amide bonds. The van der Waals surface area contributed by atoms with Crippen LogP contribution in [0.25, 0.3) is 10.2 Å². The Morgan fingerprint density at radius 2 is 2.11 bits per heavy atom. The van der Waals surface area contributed by atoms with Gasteiger partial charge >= 0.3 is 5.97 Å². The molecular formula is C19H22N6O2S. The molecule has 1 fully saturated rings. The van der Waals surface area contributed by atoms with Gasteiger partial charge in [-0.25, -0.2) is 15.0 Å². The lowest BCUT2D eigenvalue weighted by atomic mass is 9.97. The molecule has 28 heavy (non-hydrogen) atoms. The standard InChI is InChI=1S/C19H22N6O2S/c1-11-3-4-13-14(9-11)28-19(23-13)24-16-15(20)17(22-10-21-16)25-7-5-12(6-8-25)18(26)27-2/h3-4,9-10,12H,5-8,20H2,1-2H3,(H,21,22,23,24). The predicted molar refractivity (Wildman–Crippen MR) is 111 cm³/mol. The van der Waals surface area contributed by atoms with Crippen LogP contribution < -0.4 is 16.0 Å². The van der Waals surface area contributed by atoms with Crippen LogP contribution in [-0.2, 0) is 9.53 Å². The predicted octanol–water partition coefficient (Wildman–Crippen LogP) is 3.11. The van der Waals surface area contributed by atoms with Crippen LogP contribution in [-0.4, -0.2) is 41.1 Å². The number of rotatable bonds is 4. The summed E-state index contributed by atoms with van der Waals surface area (Å²) < 4.78 is 5.96. The summed E-state index contributed by atoms with van der Waals surface area (Å²) in [4.78, 5) is 27.1. The fourth-order valence-electron chi connectivity index (χ4n) is 3.42. The Balaban J connectivity index is 1.52. The quantitative estimate of drug-likeness (QED) is 0.646. The molecule has 2 aromatic heterocycles. The van der Waals surface area contributed by atoms with E-state index in [4.69, 9.17) is 10.5 Å². The van der Waals surface area contributed by atoms with Gasteiger partial charge in [-0.1, -0.05) is 17.4 Å². The van der Waals surface area contributed by atoms with Crippen molar-refractivity contribution in [3.63, 3.8) is 0 Å². The SMILES string of the molecule is COC(=O)C1CCN(c2ncnc(Nc3nc4ccc(C)cc4s3)c2N)CC1. The van der Waals surface area contributed by atoms with Crippen molar-refractivity contribution >= 4 is 50.0 Å². The number of aromatic nitrogens is 3. The van der Waals surface area contributed by atoms with Crippen LogP contribution in [0.4, 0.5) is 22.5 Å². The maximum absolute atomic E-state index is 11.7. The highest BCUT2D eigenvalue weighted by molar-refractivity contribution is 7.22. The van der Waals surface area contributed by atoms with Crippen LogP contribution in [0.3, 0.4) is 0 Å². The number of hydrogen-bond acceptors (Lipinski definition) is 9. The summed E-state index contributed by atoms with van der Waals surface area (Å²) in [7, 11) is 1.43. The molecule has 3 aromatic rings. The molecule has 1 aliphatic rings. The average molecular weight is 398 g/mol. The van der Waals surface area contributed by atoms with Crippen molar-refractivity contribution in [3.05, 3.63) is 30.1 Å². The van der Waals surface area contributed by atoms with Crippen LogP contribution in [0.5, 0.6) is 0 Å². The van der Waals surface area contributed by atoms with Crippen molar-refractivity contribution in [2.24, 2.45) is 5.92 Å². The monoisotopic (exact) mass is 398 g/mol. The van der Waals surface area contributed by atoms with E-state index in [-0.39, 0.29) is 11.9 Å². The van der Waals surface area contributed by atoms with Gasteiger partial charge in [-0.3, -0.25) is 4.79 Å². The summed E-state index contributed by atoms with van der Waals surface area (Å²) in [6.45, 7) is 3.45. The van der Waals surface area contributed by atoms with Gasteiger partial charge in [0.15, 0.2) is 16.8 Å². The second kappa shape index (κ2) is 7.59. The van der Waals surface area contributed by atoms with Gasteiger partial charge in [0.05, 0.1) is 23.2 Å². The number of anilines is 4. The summed E-state index contributed by atoms with van der Waals surface area (Å²) in [5.74, 6) is 1.01. The van der Waals surface area contributed by atoms with Crippen LogP contribution in [0.15, 0.2) is 24.5 Å². The van der Waals surface area contributed by atoms with E-state index in [0.717, 1.165) is 28.2 Å². The maximum atomic E-state index is 11.7. The number of nitrogens with zero attached hydrogens (tertiary/aromatic N) is 4. The Kier molecular flexibility index (Phi) is 4.99. The number of benzene rings is 1. The molecule has 4 rings (SSSR count). The molecule has 0 radical (unpaired) electrons. The Morgan fingerprint density at radius 1 is 1.32 bits per heavy atom. The summed E-state index contributed by atoms with van der Waals surface area (Å²) in [6.07, 6.45) is 2.93. The van der Waals surface area contributed by atoms with Crippen molar-refractivity contribution in [2.45, 2.75) is 19.8 Å². The number of nitrogens with two attached hydrogens (primary N) is 1. The minimum absolute atomic E-state index is 0.0619. The van der Waals surface area contributed by atoms with Gasteiger partial charge in [0, 0.05) is 13.1 Å². The number of fused-ring (bicyclic) bond motifs is 1. The van der Waals surface area contributed by atoms with Gasteiger partial charge in [-0.15, -0.1) is 0 Å². The van der Waals surface area contributed by atoms with Gasteiger partial charge < -0.3 is 20.7 Å². The number of esters is 1. The number of piperidine rings is 1. The minimum atomic E-state index is -0.149. The summed E-state index contributed by atoms with van der Waals surface area (Å²) in [5.41, 5.74) is 8.97. The first-order valence-electron chi connectivity index (χ1n) is 9.12. The first kappa shape index (κ1) is 18.4. The zero-order chi connectivity index (χ0) is 19.7. The second-order valence-corrected chi connectivity index (χ2v) is 7.89. The molecule has 0 atom stereocenters. The molecule has 3 N–H and O–H groups in total. The first-order chi connectivity index (χ1) is 13.5. The van der Waals surface area contributed by atoms with Gasteiger partial charge in [-0.05, 0) is 37.5 Å². The van der Waals surface area contributed by atoms with Crippen molar-refractivity contribution in [1.29, 1.82) is 0 Å². The van der Waals surface area contributed by atoms with E-state index in [1.165, 1.54) is 19.0 Å². The fourth-order valence-corrected chi connectivity index (χ4v) is 4.38. The Bertz CT molecular complexity index is 1010. The van der Waals surface area contributed by atoms with Gasteiger partial charge in [0.1, 0.15) is 12.0 Å². The highest BCUT2D eigenvalue weighted by Gasteiger charge is 2.27. The molecule has 146 valence electrons. The third-order valence-corrected chi connectivity index (χ3v) is 5.89. The number of aryl methyl sites for hydroxylation is 1. The molecule has 0 unspecified atom stereocenters. The molecule has 0 spiro atoms. The topological polar surface area (TPSA) is 106 Å².